The van der Waals surface area contributed by atoms with E-state index in [0.29, 0.717) is 12.8 Å². The van der Waals surface area contributed by atoms with Crippen molar-refractivity contribution in [2.75, 3.05) is 11.5 Å². The van der Waals surface area contributed by atoms with Crippen LogP contribution in [0.15, 0.2) is 0 Å². The zero-order valence-electron chi connectivity index (χ0n) is 9.54. The first-order chi connectivity index (χ1) is 7.68. The van der Waals surface area contributed by atoms with Crippen LogP contribution in [0.25, 0.3) is 0 Å². The van der Waals surface area contributed by atoms with E-state index in [9.17, 15) is 21.6 Å². The summed E-state index contributed by atoms with van der Waals surface area (Å²) in [6.07, 6.45) is -2.72. The number of sulfone groups is 1. The normalized spacial score (nSPS) is 27.1. The molecule has 0 aliphatic heterocycles. The van der Waals surface area contributed by atoms with Gasteiger partial charge in [0.05, 0.1) is 17.9 Å². The number of hydrogen-bond donors (Lipinski definition) is 1. The zero-order chi connectivity index (χ0) is 13.1. The lowest BCUT2D eigenvalue weighted by atomic mass is 9.88. The van der Waals surface area contributed by atoms with Gasteiger partial charge in [0.1, 0.15) is 0 Å². The Hall–Kier alpha value is -0.300. The van der Waals surface area contributed by atoms with Crippen molar-refractivity contribution in [1.29, 1.82) is 0 Å². The predicted octanol–water partition coefficient (Wildman–Crippen LogP) is 1.87. The molecule has 0 radical (unpaired) electrons. The minimum atomic E-state index is -4.40. The molecule has 7 heteroatoms. The number of rotatable bonds is 4. The third-order valence-electron chi connectivity index (χ3n) is 3.08. The first-order valence-electron chi connectivity index (χ1n) is 5.71. The standard InChI is InChI=1S/C10H18F3NO2S/c11-10(12,13)5-6-17(15,16)7-8-1-3-9(14)4-2-8/h8-9H,1-7,14H2. The zero-order valence-corrected chi connectivity index (χ0v) is 10.4. The summed E-state index contributed by atoms with van der Waals surface area (Å²) < 4.78 is 58.8. The molecule has 0 saturated heterocycles. The summed E-state index contributed by atoms with van der Waals surface area (Å²) in [4.78, 5) is 0. The topological polar surface area (TPSA) is 60.2 Å². The van der Waals surface area contributed by atoms with Crippen molar-refractivity contribution in [3.8, 4) is 0 Å². The van der Waals surface area contributed by atoms with Crippen molar-refractivity contribution in [2.45, 2.75) is 44.3 Å². The fourth-order valence-electron chi connectivity index (χ4n) is 2.07. The van der Waals surface area contributed by atoms with E-state index in [1.54, 1.807) is 0 Å². The molecule has 3 nitrogen and oxygen atoms in total. The number of halogens is 3. The van der Waals surface area contributed by atoms with E-state index >= 15 is 0 Å². The SMILES string of the molecule is NC1CCC(CS(=O)(=O)CCC(F)(F)F)CC1. The molecule has 1 aliphatic rings. The second-order valence-corrected chi connectivity index (χ2v) is 6.99. The van der Waals surface area contributed by atoms with Crippen molar-refractivity contribution in [1.82, 2.24) is 0 Å². The smallest absolute Gasteiger partial charge is 0.328 e. The molecule has 17 heavy (non-hydrogen) atoms. The Labute approximate surface area is 99.5 Å². The molecule has 1 rings (SSSR count). The Morgan fingerprint density at radius 3 is 2.12 bits per heavy atom. The first kappa shape index (κ1) is 14.8. The summed E-state index contributed by atoms with van der Waals surface area (Å²) in [6, 6.07) is 0.115. The van der Waals surface area contributed by atoms with Crippen LogP contribution in [0.3, 0.4) is 0 Å². The van der Waals surface area contributed by atoms with Crippen LogP contribution in [-0.4, -0.2) is 32.1 Å². The van der Waals surface area contributed by atoms with Gasteiger partial charge in [-0.05, 0) is 31.6 Å². The summed E-state index contributed by atoms with van der Waals surface area (Å²) in [5.74, 6) is -0.942. The fourth-order valence-corrected chi connectivity index (χ4v) is 3.83. The van der Waals surface area contributed by atoms with E-state index in [-0.39, 0.29) is 17.7 Å². The van der Waals surface area contributed by atoms with E-state index in [1.807, 2.05) is 0 Å². The molecular weight excluding hydrogens is 255 g/mol. The summed E-state index contributed by atoms with van der Waals surface area (Å²) >= 11 is 0. The molecule has 0 unspecified atom stereocenters. The second-order valence-electron chi connectivity index (χ2n) is 4.76. The van der Waals surface area contributed by atoms with E-state index < -0.39 is 28.2 Å². The van der Waals surface area contributed by atoms with Gasteiger partial charge in [-0.3, -0.25) is 0 Å². The molecule has 2 N–H and O–H groups in total. The molecule has 0 atom stereocenters. The van der Waals surface area contributed by atoms with Gasteiger partial charge in [0.25, 0.3) is 0 Å². The van der Waals surface area contributed by atoms with Gasteiger partial charge < -0.3 is 5.73 Å². The van der Waals surface area contributed by atoms with Crippen molar-refractivity contribution in [2.24, 2.45) is 11.7 Å². The number of alkyl halides is 3. The third kappa shape index (κ3) is 6.26. The van der Waals surface area contributed by atoms with Gasteiger partial charge in [0, 0.05) is 6.04 Å². The van der Waals surface area contributed by atoms with Crippen LogP contribution in [0.1, 0.15) is 32.1 Å². The molecule has 1 fully saturated rings. The number of nitrogens with two attached hydrogens (primary N) is 1. The van der Waals surface area contributed by atoms with Crippen LogP contribution in [-0.2, 0) is 9.84 Å². The minimum Gasteiger partial charge on any atom is -0.328 e. The summed E-state index contributed by atoms with van der Waals surface area (Å²) in [5.41, 5.74) is 5.68. The molecular formula is C10H18F3NO2S. The third-order valence-corrected chi connectivity index (χ3v) is 4.88. The lowest BCUT2D eigenvalue weighted by Gasteiger charge is -2.25. The van der Waals surface area contributed by atoms with Crippen LogP contribution < -0.4 is 5.73 Å². The lowest BCUT2D eigenvalue weighted by molar-refractivity contribution is -0.129. The van der Waals surface area contributed by atoms with Crippen LogP contribution in [0.5, 0.6) is 0 Å². The molecule has 0 bridgehead atoms. The molecule has 0 aromatic rings. The van der Waals surface area contributed by atoms with Crippen LogP contribution in [0.2, 0.25) is 0 Å². The Morgan fingerprint density at radius 2 is 1.65 bits per heavy atom. The van der Waals surface area contributed by atoms with Gasteiger partial charge in [-0.15, -0.1) is 0 Å². The van der Waals surface area contributed by atoms with Gasteiger partial charge >= 0.3 is 6.18 Å². The average molecular weight is 273 g/mol. The highest BCUT2D eigenvalue weighted by Gasteiger charge is 2.31. The van der Waals surface area contributed by atoms with Crippen molar-refractivity contribution in [3.05, 3.63) is 0 Å². The highest BCUT2D eigenvalue weighted by atomic mass is 32.2. The van der Waals surface area contributed by atoms with E-state index in [4.69, 9.17) is 5.73 Å². The van der Waals surface area contributed by atoms with Crippen LogP contribution >= 0.6 is 0 Å². The lowest BCUT2D eigenvalue weighted by Crippen LogP contribution is -2.30. The maximum Gasteiger partial charge on any atom is 0.390 e. The molecule has 0 spiro atoms. The van der Waals surface area contributed by atoms with E-state index in [1.165, 1.54) is 0 Å². The molecule has 0 aromatic carbocycles. The Kier molecular flexibility index (Phi) is 4.83. The molecule has 102 valence electrons. The van der Waals surface area contributed by atoms with Gasteiger partial charge in [-0.1, -0.05) is 0 Å². The monoisotopic (exact) mass is 273 g/mol. The Balaban J connectivity index is 2.39. The first-order valence-corrected chi connectivity index (χ1v) is 7.53. The minimum absolute atomic E-state index is 0.0203. The maximum absolute atomic E-state index is 11.9. The molecule has 0 aromatic heterocycles. The molecule has 1 aliphatic carbocycles. The van der Waals surface area contributed by atoms with Gasteiger partial charge in [0.2, 0.25) is 0 Å². The highest BCUT2D eigenvalue weighted by Crippen LogP contribution is 2.26. The van der Waals surface area contributed by atoms with Crippen molar-refractivity contribution < 1.29 is 21.6 Å². The Bertz CT molecular complexity index is 332. The van der Waals surface area contributed by atoms with Gasteiger partial charge in [0.15, 0.2) is 9.84 Å². The fraction of sp³-hybridized carbons (Fsp3) is 1.00. The van der Waals surface area contributed by atoms with E-state index in [2.05, 4.69) is 0 Å². The maximum atomic E-state index is 11.9. The van der Waals surface area contributed by atoms with Crippen LogP contribution in [0, 0.1) is 5.92 Å². The van der Waals surface area contributed by atoms with Crippen molar-refractivity contribution >= 4 is 9.84 Å². The Morgan fingerprint density at radius 1 is 1.12 bits per heavy atom. The predicted molar refractivity (Wildman–Crippen MR) is 59.3 cm³/mol. The van der Waals surface area contributed by atoms with Gasteiger partial charge in [-0.2, -0.15) is 13.2 Å². The summed E-state index contributed by atoms with van der Waals surface area (Å²) in [7, 11) is -3.59. The highest BCUT2D eigenvalue weighted by molar-refractivity contribution is 7.91. The second kappa shape index (κ2) is 5.56. The summed E-state index contributed by atoms with van der Waals surface area (Å²) in [5, 5.41) is 0. The van der Waals surface area contributed by atoms with Crippen molar-refractivity contribution in [3.63, 3.8) is 0 Å². The average Bonchev–Trinajstić information content (AvgIpc) is 2.18. The molecule has 1 saturated carbocycles. The van der Waals surface area contributed by atoms with E-state index in [0.717, 1.165) is 12.8 Å². The molecule has 0 heterocycles. The summed E-state index contributed by atoms with van der Waals surface area (Å²) in [6.45, 7) is 0. The van der Waals surface area contributed by atoms with Crippen LogP contribution in [0.4, 0.5) is 13.2 Å². The quantitative estimate of drug-likeness (QED) is 0.850. The largest absolute Gasteiger partial charge is 0.390 e. The van der Waals surface area contributed by atoms with Gasteiger partial charge in [-0.25, -0.2) is 8.42 Å². The number of hydrogen-bond acceptors (Lipinski definition) is 3. The molecule has 0 amide bonds.